The summed E-state index contributed by atoms with van der Waals surface area (Å²) in [5.74, 6) is 0.286. The van der Waals surface area contributed by atoms with Crippen LogP contribution in [0.4, 0.5) is 0 Å². The van der Waals surface area contributed by atoms with Gasteiger partial charge in [0, 0.05) is 23.6 Å². The zero-order valence-corrected chi connectivity index (χ0v) is 19.9. The molecule has 2 aromatic heterocycles. The molecule has 0 bridgehead atoms. The molecule has 1 aliphatic heterocycles. The molecule has 1 amide bonds. The van der Waals surface area contributed by atoms with E-state index >= 15 is 0 Å². The molecule has 0 spiro atoms. The molecule has 3 heterocycles. The first-order valence-electron chi connectivity index (χ1n) is 10.2. The van der Waals surface area contributed by atoms with Gasteiger partial charge < -0.3 is 9.64 Å². The van der Waals surface area contributed by atoms with Crippen molar-refractivity contribution in [1.29, 1.82) is 0 Å². The number of thioether (sulfide) groups is 1. The number of benzene rings is 1. The highest BCUT2D eigenvalue weighted by Crippen LogP contribution is 2.35. The number of ether oxygens (including phenoxy) is 1. The molecule has 3 aromatic rings. The van der Waals surface area contributed by atoms with Crippen LogP contribution in [0.15, 0.2) is 39.6 Å². The van der Waals surface area contributed by atoms with Crippen molar-refractivity contribution < 1.29 is 9.53 Å². The third-order valence-electron chi connectivity index (χ3n) is 5.53. The summed E-state index contributed by atoms with van der Waals surface area (Å²) < 4.78 is 6.76. The number of hydrogen-bond acceptors (Lipinski definition) is 6. The maximum atomic E-state index is 13.1. The highest BCUT2D eigenvalue weighted by atomic mass is 35.5. The van der Waals surface area contributed by atoms with Crippen molar-refractivity contribution in [3.8, 4) is 0 Å². The third kappa shape index (κ3) is 4.53. The van der Waals surface area contributed by atoms with Crippen molar-refractivity contribution in [3.63, 3.8) is 0 Å². The first-order chi connectivity index (χ1) is 15.0. The van der Waals surface area contributed by atoms with Gasteiger partial charge in [-0.3, -0.25) is 14.2 Å². The molecule has 164 valence electrons. The van der Waals surface area contributed by atoms with Gasteiger partial charge >= 0.3 is 0 Å². The molecule has 1 unspecified atom stereocenters. The van der Waals surface area contributed by atoms with Gasteiger partial charge in [0.2, 0.25) is 5.91 Å². The van der Waals surface area contributed by atoms with Crippen LogP contribution in [0.25, 0.3) is 10.9 Å². The molecule has 1 atom stereocenters. The van der Waals surface area contributed by atoms with Crippen LogP contribution in [0.2, 0.25) is 5.02 Å². The van der Waals surface area contributed by atoms with Gasteiger partial charge in [0.15, 0.2) is 5.16 Å². The van der Waals surface area contributed by atoms with Crippen LogP contribution >= 0.6 is 34.7 Å². The first-order valence-corrected chi connectivity index (χ1v) is 12.4. The number of carbonyl (C=O) groups is 1. The Morgan fingerprint density at radius 3 is 3.00 bits per heavy atom. The second kappa shape index (κ2) is 9.73. The molecule has 0 aliphatic carbocycles. The smallest absolute Gasteiger partial charge is 0.262 e. The van der Waals surface area contributed by atoms with E-state index in [4.69, 9.17) is 16.3 Å². The van der Waals surface area contributed by atoms with Gasteiger partial charge in [0.25, 0.3) is 5.56 Å². The van der Waals surface area contributed by atoms with Crippen LogP contribution in [0, 0.1) is 0 Å². The summed E-state index contributed by atoms with van der Waals surface area (Å²) in [4.78, 5) is 34.2. The van der Waals surface area contributed by atoms with E-state index in [1.807, 2.05) is 4.90 Å². The summed E-state index contributed by atoms with van der Waals surface area (Å²) in [5, 5.41) is 3.63. The Hall–Kier alpha value is -1.87. The largest absolute Gasteiger partial charge is 0.383 e. The molecule has 9 heteroatoms. The lowest BCUT2D eigenvalue weighted by Gasteiger charge is -2.35. The topological polar surface area (TPSA) is 64.4 Å². The van der Waals surface area contributed by atoms with Crippen molar-refractivity contribution >= 4 is 51.5 Å². The first kappa shape index (κ1) is 22.3. The minimum absolute atomic E-state index is 0.0624. The molecule has 6 nitrogen and oxygen atoms in total. The normalized spacial score (nSPS) is 16.0. The predicted molar refractivity (Wildman–Crippen MR) is 126 cm³/mol. The summed E-state index contributed by atoms with van der Waals surface area (Å²) in [6, 6.07) is 7.30. The van der Waals surface area contributed by atoms with E-state index in [1.165, 1.54) is 22.2 Å². The van der Waals surface area contributed by atoms with Crippen LogP contribution in [-0.4, -0.2) is 46.4 Å². The van der Waals surface area contributed by atoms with E-state index in [0.717, 1.165) is 19.4 Å². The lowest BCUT2D eigenvalue weighted by atomic mass is 9.98. The number of hydrogen-bond donors (Lipinski definition) is 0. The Morgan fingerprint density at radius 1 is 1.39 bits per heavy atom. The monoisotopic (exact) mass is 477 g/mol. The zero-order chi connectivity index (χ0) is 22.0. The molecule has 0 fully saturated rings. The van der Waals surface area contributed by atoms with Gasteiger partial charge in [-0.1, -0.05) is 30.3 Å². The maximum Gasteiger partial charge on any atom is 0.262 e. The number of thiophene rings is 1. The van der Waals surface area contributed by atoms with Crippen molar-refractivity contribution in [1.82, 2.24) is 14.5 Å². The molecular weight excluding hydrogens is 454 g/mol. The summed E-state index contributed by atoms with van der Waals surface area (Å²) in [6.45, 7) is 3.59. The fourth-order valence-electron chi connectivity index (χ4n) is 4.01. The molecule has 0 radical (unpaired) electrons. The van der Waals surface area contributed by atoms with Crippen molar-refractivity contribution in [2.24, 2.45) is 0 Å². The molecule has 0 N–H and O–H groups in total. The average molecular weight is 478 g/mol. The van der Waals surface area contributed by atoms with Gasteiger partial charge in [-0.25, -0.2) is 4.98 Å². The molecule has 0 saturated carbocycles. The summed E-state index contributed by atoms with van der Waals surface area (Å²) in [5.41, 5.74) is 1.65. The van der Waals surface area contributed by atoms with Gasteiger partial charge in [-0.05, 0) is 48.1 Å². The number of aromatic nitrogens is 2. The van der Waals surface area contributed by atoms with Gasteiger partial charge in [-0.2, -0.15) is 0 Å². The third-order valence-corrected chi connectivity index (χ3v) is 7.72. The fourth-order valence-corrected chi connectivity index (χ4v) is 6.01. The minimum Gasteiger partial charge on any atom is -0.383 e. The Bertz CT molecular complexity index is 1160. The maximum absolute atomic E-state index is 13.1. The lowest BCUT2D eigenvalue weighted by Crippen LogP contribution is -2.40. The second-order valence-electron chi connectivity index (χ2n) is 7.35. The van der Waals surface area contributed by atoms with E-state index < -0.39 is 0 Å². The van der Waals surface area contributed by atoms with E-state index in [9.17, 15) is 9.59 Å². The number of methoxy groups -OCH3 is 1. The molecule has 4 rings (SSSR count). The van der Waals surface area contributed by atoms with Crippen molar-refractivity contribution in [3.05, 3.63) is 55.5 Å². The van der Waals surface area contributed by atoms with Gasteiger partial charge in [0.05, 0.1) is 35.8 Å². The Labute approximate surface area is 194 Å². The fraction of sp³-hybridized carbons (Fsp3) is 0.409. The number of amides is 1. The molecule has 1 aromatic carbocycles. The van der Waals surface area contributed by atoms with Crippen LogP contribution in [0.5, 0.6) is 0 Å². The summed E-state index contributed by atoms with van der Waals surface area (Å²) in [6.07, 6.45) is 1.77. The second-order valence-corrected chi connectivity index (χ2v) is 9.73. The molecular formula is C22H24ClN3O3S2. The van der Waals surface area contributed by atoms with Crippen LogP contribution < -0.4 is 5.56 Å². The number of halogens is 1. The number of fused-ring (bicyclic) bond motifs is 2. The average Bonchev–Trinajstić information content (AvgIpc) is 3.25. The van der Waals surface area contributed by atoms with Crippen molar-refractivity contribution in [2.75, 3.05) is 26.0 Å². The quantitative estimate of drug-likeness (QED) is 0.373. The van der Waals surface area contributed by atoms with E-state index in [1.54, 1.807) is 41.2 Å². The lowest BCUT2D eigenvalue weighted by molar-refractivity contribution is -0.131. The van der Waals surface area contributed by atoms with E-state index in [2.05, 4.69) is 23.4 Å². The van der Waals surface area contributed by atoms with Crippen LogP contribution in [0.1, 0.15) is 29.8 Å². The Balaban J connectivity index is 1.59. The highest BCUT2D eigenvalue weighted by Gasteiger charge is 2.30. The van der Waals surface area contributed by atoms with Gasteiger partial charge in [0.1, 0.15) is 0 Å². The summed E-state index contributed by atoms with van der Waals surface area (Å²) in [7, 11) is 1.59. The standard InChI is InChI=1S/C22H24ClN3O3S2/c1-3-18-16-7-11-30-19(16)6-8-25(18)20(27)13-31-22-24-17-12-14(23)4-5-15(17)21(28)26(22)9-10-29-2/h4-5,7,11-12,18H,3,6,8-10,13H2,1-2H3. The molecule has 1 aliphatic rings. The zero-order valence-electron chi connectivity index (χ0n) is 17.5. The predicted octanol–water partition coefficient (Wildman–Crippen LogP) is 4.39. The van der Waals surface area contributed by atoms with E-state index in [-0.39, 0.29) is 23.3 Å². The number of rotatable bonds is 7. The number of nitrogens with zero attached hydrogens (tertiary/aromatic N) is 3. The van der Waals surface area contributed by atoms with Gasteiger partial charge in [-0.15, -0.1) is 11.3 Å². The Morgan fingerprint density at radius 2 is 2.23 bits per heavy atom. The van der Waals surface area contributed by atoms with Crippen LogP contribution in [-0.2, 0) is 22.5 Å². The summed E-state index contributed by atoms with van der Waals surface area (Å²) >= 11 is 9.17. The SMILES string of the molecule is CCC1c2ccsc2CCN1C(=O)CSc1nc2cc(Cl)ccc2c(=O)n1CCOC. The van der Waals surface area contributed by atoms with E-state index in [0.29, 0.717) is 34.2 Å². The number of carbonyl (C=O) groups excluding carboxylic acids is 1. The minimum atomic E-state index is -0.152. The molecule has 31 heavy (non-hydrogen) atoms. The Kier molecular flexibility index (Phi) is 7.01. The highest BCUT2D eigenvalue weighted by molar-refractivity contribution is 7.99. The molecule has 0 saturated heterocycles. The van der Waals surface area contributed by atoms with Crippen molar-refractivity contribution in [2.45, 2.75) is 37.5 Å². The van der Waals surface area contributed by atoms with Crippen LogP contribution in [0.3, 0.4) is 0 Å².